The van der Waals surface area contributed by atoms with E-state index in [1.807, 2.05) is 45.9 Å². The van der Waals surface area contributed by atoms with Crippen molar-refractivity contribution < 1.29 is 23.5 Å². The maximum Gasteiger partial charge on any atom is 0.206 e. The van der Waals surface area contributed by atoms with Crippen molar-refractivity contribution in [3.8, 4) is 23.0 Å². The molecule has 2 aromatic carbocycles. The van der Waals surface area contributed by atoms with Gasteiger partial charge in [0.05, 0.1) is 39.8 Å². The molecule has 0 saturated carbocycles. The summed E-state index contributed by atoms with van der Waals surface area (Å²) in [6.07, 6.45) is 3.37. The van der Waals surface area contributed by atoms with Gasteiger partial charge in [-0.1, -0.05) is 12.1 Å². The zero-order chi connectivity index (χ0) is 17.8. The number of benzene rings is 2. The third-order valence-corrected chi connectivity index (χ3v) is 4.14. The first-order valence-corrected chi connectivity index (χ1v) is 7.95. The highest BCUT2D eigenvalue weighted by Gasteiger charge is 2.21. The Bertz CT molecular complexity index is 789. The van der Waals surface area contributed by atoms with E-state index in [2.05, 4.69) is 6.34 Å². The van der Waals surface area contributed by atoms with Crippen LogP contribution in [0.15, 0.2) is 36.4 Å². The smallest absolute Gasteiger partial charge is 0.206 e. The molecule has 1 aliphatic rings. The molecule has 0 aromatic heterocycles. The Morgan fingerprint density at radius 3 is 2.12 bits per heavy atom. The summed E-state index contributed by atoms with van der Waals surface area (Å²) in [4.78, 5) is 2.03. The first-order chi connectivity index (χ1) is 12.2. The van der Waals surface area contributed by atoms with Crippen LogP contribution in [0.3, 0.4) is 0 Å². The second-order valence-electron chi connectivity index (χ2n) is 5.48. The third-order valence-electron chi connectivity index (χ3n) is 4.14. The number of ether oxygens (including phenoxy) is 4. The van der Waals surface area contributed by atoms with Crippen LogP contribution in [0.5, 0.6) is 23.0 Å². The number of anilines is 1. The Labute approximate surface area is 147 Å². The largest absolute Gasteiger partial charge is 0.505 e. The molecule has 132 valence electrons. The molecular formula is C19H22N2O4. The van der Waals surface area contributed by atoms with E-state index in [4.69, 9.17) is 18.9 Å². The van der Waals surface area contributed by atoms with E-state index >= 15 is 0 Å². The molecule has 6 nitrogen and oxygen atoms in total. The Hall–Kier alpha value is -2.89. The van der Waals surface area contributed by atoms with Crippen molar-refractivity contribution in [3.05, 3.63) is 36.4 Å². The summed E-state index contributed by atoms with van der Waals surface area (Å²) in [6.45, 7) is 1.58. The fourth-order valence-corrected chi connectivity index (χ4v) is 2.81. The van der Waals surface area contributed by atoms with Gasteiger partial charge in [-0.3, -0.25) is 0 Å². The molecule has 3 rings (SSSR count). The fourth-order valence-electron chi connectivity index (χ4n) is 2.81. The number of hydrogen-bond acceptors (Lipinski definition) is 5. The van der Waals surface area contributed by atoms with Crippen LogP contribution >= 0.6 is 0 Å². The van der Waals surface area contributed by atoms with Crippen LogP contribution in [-0.4, -0.2) is 52.4 Å². The minimum Gasteiger partial charge on any atom is -0.505 e. The van der Waals surface area contributed by atoms with Crippen molar-refractivity contribution in [1.82, 2.24) is 0 Å². The summed E-state index contributed by atoms with van der Waals surface area (Å²) < 4.78 is 23.5. The van der Waals surface area contributed by atoms with Crippen LogP contribution in [0, 0.1) is 0 Å². The molecular weight excluding hydrogens is 320 g/mol. The van der Waals surface area contributed by atoms with Crippen molar-refractivity contribution >= 4 is 17.7 Å². The van der Waals surface area contributed by atoms with Gasteiger partial charge in [-0.25, -0.2) is 0 Å². The summed E-state index contributed by atoms with van der Waals surface area (Å²) in [7, 11) is 6.58. The molecule has 0 atom stereocenters. The van der Waals surface area contributed by atoms with Gasteiger partial charge in [0.1, 0.15) is 36.1 Å². The van der Waals surface area contributed by atoms with Crippen molar-refractivity contribution in [3.63, 3.8) is 0 Å². The van der Waals surface area contributed by atoms with Crippen LogP contribution in [0.1, 0.15) is 0 Å². The Morgan fingerprint density at radius 2 is 1.48 bits per heavy atom. The molecule has 2 aromatic rings. The van der Waals surface area contributed by atoms with Crippen molar-refractivity contribution in [2.45, 2.75) is 0 Å². The van der Waals surface area contributed by atoms with E-state index < -0.39 is 0 Å². The monoisotopic (exact) mass is 342 g/mol. The third kappa shape index (κ3) is 3.33. The molecule has 0 N–H and O–H groups in total. The normalized spacial score (nSPS) is 13.4. The number of nitrogens with zero attached hydrogens (tertiary/aromatic N) is 2. The van der Waals surface area contributed by atoms with E-state index in [1.54, 1.807) is 28.4 Å². The zero-order valence-corrected chi connectivity index (χ0v) is 14.9. The van der Waals surface area contributed by atoms with Gasteiger partial charge < -0.3 is 28.4 Å². The van der Waals surface area contributed by atoms with Gasteiger partial charge in [0.15, 0.2) is 0 Å². The highest BCUT2D eigenvalue weighted by atomic mass is 16.5. The maximum absolute atomic E-state index is 5.49. The first kappa shape index (κ1) is 17.0. The standard InChI is InChI=1S/C19H22N2O4/c1-22-14-5-7-16(18(11-14)24-3)20-9-10-21(13-20)17-8-6-15(23-2)12-19(17)25-4/h5-8,11-12H,9-10H2,1-4H3. The fraction of sp³-hybridized carbons (Fsp3) is 0.316. The predicted molar refractivity (Wildman–Crippen MR) is 96.2 cm³/mol. The predicted octanol–water partition coefficient (Wildman–Crippen LogP) is 2.79. The van der Waals surface area contributed by atoms with Crippen LogP contribution in [0.25, 0.3) is 0 Å². The molecule has 0 fully saturated rings. The molecule has 1 aliphatic heterocycles. The molecule has 1 heterocycles. The van der Waals surface area contributed by atoms with Gasteiger partial charge in [0, 0.05) is 12.1 Å². The molecule has 6 heteroatoms. The molecule has 0 unspecified atom stereocenters. The Morgan fingerprint density at radius 1 is 0.840 bits per heavy atom. The average Bonchev–Trinajstić information content (AvgIpc) is 3.16. The summed E-state index contributed by atoms with van der Waals surface area (Å²) in [6, 6.07) is 11.5. The summed E-state index contributed by atoms with van der Waals surface area (Å²) in [5.74, 6) is 3.01. The van der Waals surface area contributed by atoms with Gasteiger partial charge in [-0.05, 0) is 12.1 Å². The van der Waals surface area contributed by atoms with Crippen molar-refractivity contribution in [2.75, 3.05) is 46.4 Å². The molecule has 0 spiro atoms. The van der Waals surface area contributed by atoms with Crippen LogP contribution in [-0.2, 0) is 0 Å². The SMILES string of the molecule is COc1ccc(N2[C-]=[N+](c3ccc(OC)cc3OC)CC2)c(OC)c1. The van der Waals surface area contributed by atoms with Crippen LogP contribution < -0.4 is 23.8 Å². The van der Waals surface area contributed by atoms with E-state index in [0.717, 1.165) is 47.5 Å². The van der Waals surface area contributed by atoms with Crippen molar-refractivity contribution in [1.29, 1.82) is 0 Å². The van der Waals surface area contributed by atoms with Crippen molar-refractivity contribution in [2.24, 2.45) is 0 Å². The lowest BCUT2D eigenvalue weighted by Crippen LogP contribution is -2.18. The lowest BCUT2D eigenvalue weighted by Gasteiger charge is -2.18. The van der Waals surface area contributed by atoms with Gasteiger partial charge in [0.2, 0.25) is 6.34 Å². The topological polar surface area (TPSA) is 43.2 Å². The molecule has 0 aliphatic carbocycles. The van der Waals surface area contributed by atoms with Gasteiger partial charge in [-0.2, -0.15) is 0 Å². The van der Waals surface area contributed by atoms with Crippen LogP contribution in [0.2, 0.25) is 0 Å². The minimum absolute atomic E-state index is 0.746. The molecule has 0 radical (unpaired) electrons. The van der Waals surface area contributed by atoms with E-state index in [0.29, 0.717) is 0 Å². The highest BCUT2D eigenvalue weighted by molar-refractivity contribution is 5.82. The van der Waals surface area contributed by atoms with E-state index in [9.17, 15) is 0 Å². The van der Waals surface area contributed by atoms with Gasteiger partial charge in [0.25, 0.3) is 0 Å². The Balaban J connectivity index is 1.93. The second kappa shape index (κ2) is 7.34. The van der Waals surface area contributed by atoms with Gasteiger partial charge >= 0.3 is 0 Å². The highest BCUT2D eigenvalue weighted by Crippen LogP contribution is 2.35. The maximum atomic E-state index is 5.49. The number of methoxy groups -OCH3 is 4. The lowest BCUT2D eigenvalue weighted by atomic mass is 10.2. The summed E-state index contributed by atoms with van der Waals surface area (Å²) in [5.41, 5.74) is 1.89. The first-order valence-electron chi connectivity index (χ1n) is 7.95. The molecule has 0 saturated heterocycles. The summed E-state index contributed by atoms with van der Waals surface area (Å²) >= 11 is 0. The molecule has 25 heavy (non-hydrogen) atoms. The molecule has 0 amide bonds. The molecule has 0 bridgehead atoms. The number of rotatable bonds is 6. The lowest BCUT2D eigenvalue weighted by molar-refractivity contribution is -0.424. The quantitative estimate of drug-likeness (QED) is 0.597. The second-order valence-corrected chi connectivity index (χ2v) is 5.48. The van der Waals surface area contributed by atoms with E-state index in [1.165, 1.54) is 0 Å². The van der Waals surface area contributed by atoms with E-state index in [-0.39, 0.29) is 0 Å². The van der Waals surface area contributed by atoms with Crippen LogP contribution in [0.4, 0.5) is 11.4 Å². The zero-order valence-electron chi connectivity index (χ0n) is 14.9. The minimum atomic E-state index is 0.746. The summed E-state index contributed by atoms with van der Waals surface area (Å²) in [5, 5.41) is 0. The Kier molecular flexibility index (Phi) is 4.97. The average molecular weight is 342 g/mol. The number of hydrogen-bond donors (Lipinski definition) is 0. The van der Waals surface area contributed by atoms with Gasteiger partial charge in [-0.15, -0.1) is 0 Å².